The van der Waals surface area contributed by atoms with Crippen LogP contribution in [-0.2, 0) is 27.4 Å². The molecular formula is C22H32N4O4. The van der Waals surface area contributed by atoms with Crippen LogP contribution >= 0.6 is 0 Å². The lowest BCUT2D eigenvalue weighted by Crippen LogP contribution is -2.49. The predicted molar refractivity (Wildman–Crippen MR) is 114 cm³/mol. The van der Waals surface area contributed by atoms with Gasteiger partial charge >= 0.3 is 0 Å². The molecule has 0 bridgehead atoms. The maximum absolute atomic E-state index is 13.1. The minimum atomic E-state index is -0.396. The maximum Gasteiger partial charge on any atom is 0.253 e. The average Bonchev–Trinajstić information content (AvgIpc) is 3.56. The van der Waals surface area contributed by atoms with Crippen molar-refractivity contribution in [2.75, 3.05) is 40.5 Å². The number of hydrogen-bond acceptors (Lipinski definition) is 6. The summed E-state index contributed by atoms with van der Waals surface area (Å²) in [6, 6.07) is 4.49. The fourth-order valence-corrected chi connectivity index (χ4v) is 4.17. The maximum atomic E-state index is 13.1. The monoisotopic (exact) mass is 416 g/mol. The zero-order chi connectivity index (χ0) is 21.1. The SMILES string of the molecule is COCCCn1nc(C)c2c(OC)cc(CN(C(=O)[C@H]3CNCCO3)C3CC3)cc21. The highest BCUT2D eigenvalue weighted by Crippen LogP contribution is 2.34. The van der Waals surface area contributed by atoms with E-state index in [1.165, 1.54) is 0 Å². The normalized spacial score (nSPS) is 19.2. The molecule has 1 amide bonds. The van der Waals surface area contributed by atoms with Gasteiger partial charge in [-0.25, -0.2) is 0 Å². The largest absolute Gasteiger partial charge is 0.496 e. The van der Waals surface area contributed by atoms with Crippen molar-refractivity contribution in [2.45, 2.75) is 51.4 Å². The highest BCUT2D eigenvalue weighted by atomic mass is 16.5. The van der Waals surface area contributed by atoms with Gasteiger partial charge in [0.2, 0.25) is 0 Å². The third-order valence-electron chi connectivity index (χ3n) is 5.82. The van der Waals surface area contributed by atoms with E-state index in [-0.39, 0.29) is 5.91 Å². The molecule has 4 rings (SSSR count). The van der Waals surface area contributed by atoms with Gasteiger partial charge in [0.15, 0.2) is 0 Å². The van der Waals surface area contributed by atoms with E-state index in [1.54, 1.807) is 14.2 Å². The van der Waals surface area contributed by atoms with Crippen LogP contribution in [0, 0.1) is 6.92 Å². The quantitative estimate of drug-likeness (QED) is 0.629. The van der Waals surface area contributed by atoms with E-state index >= 15 is 0 Å². The van der Waals surface area contributed by atoms with Crippen LogP contribution in [0.25, 0.3) is 10.9 Å². The number of carbonyl (C=O) groups is 1. The Bertz CT molecular complexity index is 887. The lowest BCUT2D eigenvalue weighted by molar-refractivity contribution is -0.146. The summed E-state index contributed by atoms with van der Waals surface area (Å²) in [4.78, 5) is 15.1. The Kier molecular flexibility index (Phi) is 6.55. The number of aryl methyl sites for hydroxylation is 2. The summed E-state index contributed by atoms with van der Waals surface area (Å²) in [5.74, 6) is 0.880. The average molecular weight is 417 g/mol. The van der Waals surface area contributed by atoms with Crippen LogP contribution in [0.1, 0.15) is 30.5 Å². The van der Waals surface area contributed by atoms with Crippen molar-refractivity contribution in [2.24, 2.45) is 0 Å². The van der Waals surface area contributed by atoms with Crippen LogP contribution in [0.3, 0.4) is 0 Å². The summed E-state index contributed by atoms with van der Waals surface area (Å²) < 4.78 is 18.6. The molecular weight excluding hydrogens is 384 g/mol. The Morgan fingerprint density at radius 3 is 2.87 bits per heavy atom. The van der Waals surface area contributed by atoms with Crippen LogP contribution in [0.4, 0.5) is 0 Å². The zero-order valence-corrected chi connectivity index (χ0v) is 18.1. The lowest BCUT2D eigenvalue weighted by Gasteiger charge is -2.30. The number of carbonyl (C=O) groups excluding carboxylic acids is 1. The first kappa shape index (κ1) is 21.1. The summed E-state index contributed by atoms with van der Waals surface area (Å²) in [7, 11) is 3.40. The Hall–Kier alpha value is -2.16. The number of rotatable bonds is 9. The summed E-state index contributed by atoms with van der Waals surface area (Å²) in [5, 5.41) is 9.01. The number of morpholine rings is 1. The molecule has 1 aliphatic carbocycles. The zero-order valence-electron chi connectivity index (χ0n) is 18.1. The Balaban J connectivity index is 1.61. The predicted octanol–water partition coefficient (Wildman–Crippen LogP) is 1.87. The van der Waals surface area contributed by atoms with Gasteiger partial charge in [0, 0.05) is 45.9 Å². The van der Waals surface area contributed by atoms with Gasteiger partial charge in [0.05, 0.1) is 30.3 Å². The third-order valence-corrected chi connectivity index (χ3v) is 5.82. The number of nitrogens with one attached hydrogen (secondary N) is 1. The van der Waals surface area contributed by atoms with Crippen molar-refractivity contribution < 1.29 is 19.0 Å². The van der Waals surface area contributed by atoms with E-state index < -0.39 is 6.10 Å². The van der Waals surface area contributed by atoms with E-state index in [2.05, 4.69) is 11.4 Å². The fourth-order valence-electron chi connectivity index (χ4n) is 4.17. The van der Waals surface area contributed by atoms with E-state index in [1.807, 2.05) is 22.6 Å². The number of amides is 1. The molecule has 1 aromatic carbocycles. The molecule has 1 atom stereocenters. The minimum absolute atomic E-state index is 0.0774. The molecule has 1 saturated heterocycles. The highest BCUT2D eigenvalue weighted by Gasteiger charge is 2.37. The van der Waals surface area contributed by atoms with Crippen molar-refractivity contribution in [3.63, 3.8) is 0 Å². The Labute approximate surface area is 177 Å². The number of hydrogen-bond donors (Lipinski definition) is 1. The van der Waals surface area contributed by atoms with E-state index in [0.717, 1.165) is 60.3 Å². The second kappa shape index (κ2) is 9.32. The van der Waals surface area contributed by atoms with Crippen LogP contribution in [0.15, 0.2) is 12.1 Å². The molecule has 1 aromatic heterocycles. The number of fused-ring (bicyclic) bond motifs is 1. The van der Waals surface area contributed by atoms with Gasteiger partial charge in [-0.05, 0) is 43.9 Å². The first-order valence-electron chi connectivity index (χ1n) is 10.8. The number of nitrogens with zero attached hydrogens (tertiary/aromatic N) is 3. The molecule has 2 fully saturated rings. The van der Waals surface area contributed by atoms with Gasteiger partial charge < -0.3 is 24.4 Å². The molecule has 2 heterocycles. The molecule has 1 N–H and O–H groups in total. The van der Waals surface area contributed by atoms with Gasteiger partial charge in [-0.3, -0.25) is 9.48 Å². The molecule has 0 spiro atoms. The molecule has 0 radical (unpaired) electrons. The molecule has 8 heteroatoms. The third kappa shape index (κ3) is 4.45. The van der Waals surface area contributed by atoms with Gasteiger partial charge in [0.1, 0.15) is 11.9 Å². The topological polar surface area (TPSA) is 77.9 Å². The highest BCUT2D eigenvalue weighted by molar-refractivity contribution is 5.89. The molecule has 0 unspecified atom stereocenters. The van der Waals surface area contributed by atoms with Crippen LogP contribution in [0.2, 0.25) is 0 Å². The molecule has 2 aliphatic rings. The number of aromatic nitrogens is 2. The molecule has 1 saturated carbocycles. The lowest BCUT2D eigenvalue weighted by atomic mass is 10.1. The molecule has 1 aliphatic heterocycles. The summed E-state index contributed by atoms with van der Waals surface area (Å²) >= 11 is 0. The fraction of sp³-hybridized carbons (Fsp3) is 0.636. The summed E-state index contributed by atoms with van der Waals surface area (Å²) in [6.07, 6.45) is 2.60. The molecule has 164 valence electrons. The van der Waals surface area contributed by atoms with Gasteiger partial charge in [-0.2, -0.15) is 5.10 Å². The second-order valence-corrected chi connectivity index (χ2v) is 8.11. The van der Waals surface area contributed by atoms with Gasteiger partial charge in [0.25, 0.3) is 5.91 Å². The first-order valence-corrected chi connectivity index (χ1v) is 10.8. The van der Waals surface area contributed by atoms with Gasteiger partial charge in [-0.1, -0.05) is 0 Å². The van der Waals surface area contributed by atoms with Crippen molar-refractivity contribution in [3.8, 4) is 5.75 Å². The number of benzene rings is 1. The van der Waals surface area contributed by atoms with E-state index in [9.17, 15) is 4.79 Å². The van der Waals surface area contributed by atoms with Crippen molar-refractivity contribution >= 4 is 16.8 Å². The van der Waals surface area contributed by atoms with Crippen molar-refractivity contribution in [1.82, 2.24) is 20.0 Å². The smallest absolute Gasteiger partial charge is 0.253 e. The molecule has 8 nitrogen and oxygen atoms in total. The first-order chi connectivity index (χ1) is 14.6. The van der Waals surface area contributed by atoms with E-state index in [4.69, 9.17) is 19.3 Å². The summed E-state index contributed by atoms with van der Waals surface area (Å²) in [5.41, 5.74) is 3.04. The Morgan fingerprint density at radius 1 is 1.37 bits per heavy atom. The molecule has 30 heavy (non-hydrogen) atoms. The second-order valence-electron chi connectivity index (χ2n) is 8.11. The number of ether oxygens (including phenoxy) is 3. The van der Waals surface area contributed by atoms with Gasteiger partial charge in [-0.15, -0.1) is 0 Å². The Morgan fingerprint density at radius 2 is 2.20 bits per heavy atom. The van der Waals surface area contributed by atoms with Crippen molar-refractivity contribution in [3.05, 3.63) is 23.4 Å². The van der Waals surface area contributed by atoms with E-state index in [0.29, 0.717) is 32.3 Å². The minimum Gasteiger partial charge on any atom is -0.496 e. The molecule has 2 aromatic rings. The number of methoxy groups -OCH3 is 2. The van der Waals surface area contributed by atoms with Crippen molar-refractivity contribution in [1.29, 1.82) is 0 Å². The summed E-state index contributed by atoms with van der Waals surface area (Å²) in [6.45, 7) is 5.98. The van der Waals surface area contributed by atoms with Crippen LogP contribution in [0.5, 0.6) is 5.75 Å². The standard InChI is InChI=1S/C22H32N4O4/c1-15-21-18(26(24-15)8-4-9-28-2)11-16(12-19(21)29-3)14-25(17-5-6-17)22(27)20-13-23-7-10-30-20/h11-12,17,20,23H,4-10,13-14H2,1-3H3/t20-/m1/s1. The van der Waals surface area contributed by atoms with Crippen LogP contribution in [-0.4, -0.2) is 73.3 Å². The van der Waals surface area contributed by atoms with Crippen LogP contribution < -0.4 is 10.1 Å².